The molecule has 136 valence electrons. The van der Waals surface area contributed by atoms with Gasteiger partial charge in [-0.15, -0.1) is 10.2 Å². The van der Waals surface area contributed by atoms with Gasteiger partial charge in [0.05, 0.1) is 24.7 Å². The van der Waals surface area contributed by atoms with Crippen molar-refractivity contribution in [1.82, 2.24) is 20.1 Å². The number of hydrogen-bond acceptors (Lipinski definition) is 6. The average molecular weight is 372 g/mol. The minimum absolute atomic E-state index is 0.0677. The Morgan fingerprint density at radius 2 is 2.19 bits per heavy atom. The van der Waals surface area contributed by atoms with Gasteiger partial charge in [0.1, 0.15) is 11.5 Å². The molecule has 0 aliphatic heterocycles. The Balaban J connectivity index is 1.55. The normalized spacial score (nSPS) is 10.7. The topological polar surface area (TPSA) is 82.2 Å². The Morgan fingerprint density at radius 1 is 1.35 bits per heavy atom. The van der Waals surface area contributed by atoms with Crippen molar-refractivity contribution in [2.24, 2.45) is 7.05 Å². The third-order valence-corrected chi connectivity index (χ3v) is 4.91. The zero-order chi connectivity index (χ0) is 18.5. The van der Waals surface area contributed by atoms with E-state index in [1.807, 2.05) is 48.9 Å². The van der Waals surface area contributed by atoms with E-state index >= 15 is 0 Å². The number of aryl methyl sites for hydroxylation is 1. The van der Waals surface area contributed by atoms with Gasteiger partial charge in [0, 0.05) is 13.6 Å². The predicted molar refractivity (Wildman–Crippen MR) is 99.0 cm³/mol. The van der Waals surface area contributed by atoms with Crippen LogP contribution in [0.3, 0.4) is 0 Å². The molecule has 0 bridgehead atoms. The van der Waals surface area contributed by atoms with Crippen LogP contribution in [0.1, 0.15) is 11.3 Å². The molecule has 2 heterocycles. The summed E-state index contributed by atoms with van der Waals surface area (Å²) in [6.07, 6.45) is 1.62. The highest BCUT2D eigenvalue weighted by Crippen LogP contribution is 2.25. The van der Waals surface area contributed by atoms with Crippen LogP contribution in [0.2, 0.25) is 0 Å². The highest BCUT2D eigenvalue weighted by Gasteiger charge is 2.15. The second-order valence-electron chi connectivity index (χ2n) is 5.67. The summed E-state index contributed by atoms with van der Waals surface area (Å²) in [4.78, 5) is 12.1. The van der Waals surface area contributed by atoms with Crippen molar-refractivity contribution in [3.63, 3.8) is 0 Å². The van der Waals surface area contributed by atoms with Gasteiger partial charge in [-0.1, -0.05) is 23.9 Å². The van der Waals surface area contributed by atoms with E-state index in [4.69, 9.17) is 9.15 Å². The second kappa shape index (κ2) is 8.09. The number of benzene rings is 1. The molecular formula is C18H20N4O3S. The molecule has 3 rings (SSSR count). The quantitative estimate of drug-likeness (QED) is 0.642. The first kappa shape index (κ1) is 18.1. The lowest BCUT2D eigenvalue weighted by molar-refractivity contribution is -0.118. The molecule has 3 aromatic rings. The number of nitrogens with zero attached hydrogens (tertiary/aromatic N) is 3. The first-order valence-electron chi connectivity index (χ1n) is 8.04. The maximum absolute atomic E-state index is 12.1. The van der Waals surface area contributed by atoms with Gasteiger partial charge in [0.2, 0.25) is 5.91 Å². The molecule has 2 aromatic heterocycles. The summed E-state index contributed by atoms with van der Waals surface area (Å²) in [5.74, 6) is 2.47. The van der Waals surface area contributed by atoms with Gasteiger partial charge >= 0.3 is 0 Å². The van der Waals surface area contributed by atoms with E-state index in [1.165, 1.54) is 11.8 Å². The summed E-state index contributed by atoms with van der Waals surface area (Å²) in [7, 11) is 3.49. The van der Waals surface area contributed by atoms with Crippen LogP contribution >= 0.6 is 11.8 Å². The lowest BCUT2D eigenvalue weighted by Gasteiger charge is -2.07. The molecule has 0 fully saturated rings. The molecule has 0 spiro atoms. The van der Waals surface area contributed by atoms with Crippen molar-refractivity contribution in [2.75, 3.05) is 12.9 Å². The van der Waals surface area contributed by atoms with Gasteiger partial charge in [-0.2, -0.15) is 0 Å². The third-order valence-electron chi connectivity index (χ3n) is 3.89. The van der Waals surface area contributed by atoms with Gasteiger partial charge in [-0.05, 0) is 30.7 Å². The van der Waals surface area contributed by atoms with E-state index in [0.29, 0.717) is 11.7 Å². The SMILES string of the molecule is COc1cccc(CNC(=O)CSc2nnc(-c3ccoc3C)n2C)c1. The first-order chi connectivity index (χ1) is 12.6. The van der Waals surface area contributed by atoms with Crippen molar-refractivity contribution in [2.45, 2.75) is 18.6 Å². The minimum Gasteiger partial charge on any atom is -0.497 e. The fraction of sp³-hybridized carbons (Fsp3) is 0.278. The molecule has 0 radical (unpaired) electrons. The van der Waals surface area contributed by atoms with E-state index in [1.54, 1.807) is 13.4 Å². The summed E-state index contributed by atoms with van der Waals surface area (Å²) in [5.41, 5.74) is 1.88. The number of aromatic nitrogens is 3. The number of carbonyl (C=O) groups excluding carboxylic acids is 1. The van der Waals surface area contributed by atoms with Crippen molar-refractivity contribution in [3.8, 4) is 17.1 Å². The highest BCUT2D eigenvalue weighted by atomic mass is 32.2. The maximum Gasteiger partial charge on any atom is 0.230 e. The Labute approximate surface area is 155 Å². The van der Waals surface area contributed by atoms with Crippen LogP contribution in [-0.4, -0.2) is 33.5 Å². The molecule has 7 nitrogen and oxygen atoms in total. The van der Waals surface area contributed by atoms with Crippen LogP contribution in [0.15, 0.2) is 46.2 Å². The lowest BCUT2D eigenvalue weighted by atomic mass is 10.2. The summed E-state index contributed by atoms with van der Waals surface area (Å²) in [5, 5.41) is 11.9. The molecule has 0 saturated heterocycles. The van der Waals surface area contributed by atoms with E-state index in [0.717, 1.165) is 28.5 Å². The van der Waals surface area contributed by atoms with Crippen molar-refractivity contribution in [1.29, 1.82) is 0 Å². The molecule has 1 aromatic carbocycles. The Kier molecular flexibility index (Phi) is 5.62. The van der Waals surface area contributed by atoms with Gasteiger partial charge in [0.15, 0.2) is 11.0 Å². The monoisotopic (exact) mass is 372 g/mol. The van der Waals surface area contributed by atoms with Crippen LogP contribution < -0.4 is 10.1 Å². The minimum atomic E-state index is -0.0677. The molecule has 1 amide bonds. The molecule has 8 heteroatoms. The largest absolute Gasteiger partial charge is 0.497 e. The van der Waals surface area contributed by atoms with Gasteiger partial charge in [0.25, 0.3) is 0 Å². The number of furan rings is 1. The number of methoxy groups -OCH3 is 1. The highest BCUT2D eigenvalue weighted by molar-refractivity contribution is 7.99. The number of amides is 1. The van der Waals surface area contributed by atoms with E-state index in [2.05, 4.69) is 15.5 Å². The summed E-state index contributed by atoms with van der Waals surface area (Å²) in [6.45, 7) is 2.33. The van der Waals surface area contributed by atoms with Crippen LogP contribution in [0.25, 0.3) is 11.4 Å². The third kappa shape index (κ3) is 4.08. The van der Waals surface area contributed by atoms with Gasteiger partial charge < -0.3 is 19.0 Å². The average Bonchev–Trinajstić information content (AvgIpc) is 3.23. The standard InChI is InChI=1S/C18H20N4O3S/c1-12-15(7-8-25-12)17-20-21-18(22(17)2)26-11-16(23)19-10-13-5-4-6-14(9-13)24-3/h4-9H,10-11H2,1-3H3,(H,19,23). The summed E-state index contributed by atoms with van der Waals surface area (Å²) >= 11 is 1.34. The van der Waals surface area contributed by atoms with Crippen LogP contribution in [0.5, 0.6) is 5.75 Å². The smallest absolute Gasteiger partial charge is 0.230 e. The van der Waals surface area contributed by atoms with Crippen molar-refractivity contribution in [3.05, 3.63) is 47.9 Å². The number of thioether (sulfide) groups is 1. The summed E-state index contributed by atoms with van der Waals surface area (Å²) < 4.78 is 12.3. The van der Waals surface area contributed by atoms with E-state index in [9.17, 15) is 4.79 Å². The van der Waals surface area contributed by atoms with E-state index < -0.39 is 0 Å². The molecule has 0 aliphatic carbocycles. The molecular weight excluding hydrogens is 352 g/mol. The fourth-order valence-corrected chi connectivity index (χ4v) is 3.20. The van der Waals surface area contributed by atoms with Gasteiger partial charge in [-0.3, -0.25) is 4.79 Å². The number of ether oxygens (including phenoxy) is 1. The van der Waals surface area contributed by atoms with E-state index in [-0.39, 0.29) is 11.7 Å². The van der Waals surface area contributed by atoms with Crippen molar-refractivity contribution >= 4 is 17.7 Å². The molecule has 0 atom stereocenters. The number of nitrogens with one attached hydrogen (secondary N) is 1. The van der Waals surface area contributed by atoms with Gasteiger partial charge in [-0.25, -0.2) is 0 Å². The Hall–Kier alpha value is -2.74. The number of hydrogen-bond donors (Lipinski definition) is 1. The van der Waals surface area contributed by atoms with Crippen LogP contribution in [0.4, 0.5) is 0 Å². The predicted octanol–water partition coefficient (Wildman–Crippen LogP) is 2.80. The van der Waals surface area contributed by atoms with Crippen LogP contribution in [-0.2, 0) is 18.4 Å². The second-order valence-corrected chi connectivity index (χ2v) is 6.62. The maximum atomic E-state index is 12.1. The Morgan fingerprint density at radius 3 is 2.92 bits per heavy atom. The lowest BCUT2D eigenvalue weighted by Crippen LogP contribution is -2.24. The molecule has 0 saturated carbocycles. The summed E-state index contributed by atoms with van der Waals surface area (Å²) in [6, 6.07) is 9.46. The Bertz CT molecular complexity index is 903. The molecule has 1 N–H and O–H groups in total. The van der Waals surface area contributed by atoms with Crippen molar-refractivity contribution < 1.29 is 13.9 Å². The number of rotatable bonds is 7. The zero-order valence-corrected chi connectivity index (χ0v) is 15.7. The molecule has 0 unspecified atom stereocenters. The molecule has 0 aliphatic rings. The zero-order valence-electron chi connectivity index (χ0n) is 14.9. The van der Waals surface area contributed by atoms with Crippen LogP contribution in [0, 0.1) is 6.92 Å². The fourth-order valence-electron chi connectivity index (χ4n) is 2.46. The number of carbonyl (C=O) groups is 1. The molecule has 26 heavy (non-hydrogen) atoms. The first-order valence-corrected chi connectivity index (χ1v) is 9.03.